The normalized spacial score (nSPS) is 10.7. The van der Waals surface area contributed by atoms with Gasteiger partial charge in [-0.3, -0.25) is 0 Å². The van der Waals surface area contributed by atoms with E-state index in [2.05, 4.69) is 4.98 Å². The second-order valence-corrected chi connectivity index (χ2v) is 3.81. The van der Waals surface area contributed by atoms with Gasteiger partial charge in [-0.05, 0) is 12.1 Å². The highest BCUT2D eigenvalue weighted by Gasteiger charge is 2.04. The summed E-state index contributed by atoms with van der Waals surface area (Å²) in [6.45, 7) is 2.04. The number of nitrogens with two attached hydrogens (primary N) is 2. The highest BCUT2D eigenvalue weighted by Crippen LogP contribution is 2.26. The van der Waals surface area contributed by atoms with Crippen molar-refractivity contribution in [2.45, 2.75) is 0 Å². The average molecular weight is 247 g/mol. The number of anilines is 1. The zero-order valence-electron chi connectivity index (χ0n) is 10.1. The molecule has 4 N–H and O–H groups in total. The van der Waals surface area contributed by atoms with Crippen molar-refractivity contribution >= 4 is 16.7 Å². The Morgan fingerprint density at radius 2 is 1.94 bits per heavy atom. The number of aromatic nitrogens is 1. The van der Waals surface area contributed by atoms with Gasteiger partial charge >= 0.3 is 0 Å². The molecule has 0 atom stereocenters. The first-order valence-electron chi connectivity index (χ1n) is 5.87. The second kappa shape index (κ2) is 6.18. The smallest absolute Gasteiger partial charge is 0.132 e. The zero-order chi connectivity index (χ0) is 12.8. The van der Waals surface area contributed by atoms with Gasteiger partial charge in [-0.1, -0.05) is 12.1 Å². The number of fused-ring (bicyclic) bond motifs is 1. The number of ether oxygens (including phenoxy) is 2. The summed E-state index contributed by atoms with van der Waals surface area (Å²) in [7, 11) is 0. The van der Waals surface area contributed by atoms with Crippen molar-refractivity contribution < 1.29 is 9.47 Å². The van der Waals surface area contributed by atoms with Crippen molar-refractivity contribution in [1.29, 1.82) is 0 Å². The van der Waals surface area contributed by atoms with Crippen LogP contribution in [0.1, 0.15) is 0 Å². The van der Waals surface area contributed by atoms with Crippen LogP contribution in [0.2, 0.25) is 0 Å². The Hall–Kier alpha value is -1.85. The lowest BCUT2D eigenvalue weighted by atomic mass is 10.2. The molecule has 5 heteroatoms. The van der Waals surface area contributed by atoms with Crippen LogP contribution in [0.4, 0.5) is 5.82 Å². The van der Waals surface area contributed by atoms with Gasteiger partial charge in [0.25, 0.3) is 0 Å². The van der Waals surface area contributed by atoms with Crippen molar-refractivity contribution in [3.63, 3.8) is 0 Å². The molecule has 0 bridgehead atoms. The summed E-state index contributed by atoms with van der Waals surface area (Å²) in [4.78, 5) is 4.24. The summed E-state index contributed by atoms with van der Waals surface area (Å²) in [5, 5.41) is 0.950. The minimum atomic E-state index is 0.451. The third kappa shape index (κ3) is 3.09. The number of hydrogen-bond donors (Lipinski definition) is 2. The summed E-state index contributed by atoms with van der Waals surface area (Å²) in [5.41, 5.74) is 11.9. The molecule has 1 aromatic heterocycles. The molecule has 0 saturated carbocycles. The van der Waals surface area contributed by atoms with E-state index in [1.165, 1.54) is 0 Å². The molecule has 0 aliphatic heterocycles. The van der Waals surface area contributed by atoms with E-state index in [-0.39, 0.29) is 0 Å². The SMILES string of the molecule is NCCOCCOc1cc(N)nc2ccccc12. The molecule has 2 rings (SSSR count). The molecule has 0 amide bonds. The third-order valence-electron chi connectivity index (χ3n) is 2.45. The fourth-order valence-corrected chi connectivity index (χ4v) is 1.68. The molecule has 0 aliphatic carbocycles. The van der Waals surface area contributed by atoms with Gasteiger partial charge in [0, 0.05) is 18.0 Å². The van der Waals surface area contributed by atoms with E-state index in [0.29, 0.717) is 32.2 Å². The van der Waals surface area contributed by atoms with Crippen LogP contribution in [0.5, 0.6) is 5.75 Å². The number of benzene rings is 1. The van der Waals surface area contributed by atoms with E-state index >= 15 is 0 Å². The second-order valence-electron chi connectivity index (χ2n) is 3.81. The van der Waals surface area contributed by atoms with E-state index in [1.54, 1.807) is 6.07 Å². The van der Waals surface area contributed by atoms with E-state index < -0.39 is 0 Å². The Morgan fingerprint density at radius 3 is 2.78 bits per heavy atom. The lowest BCUT2D eigenvalue weighted by molar-refractivity contribution is 0.106. The monoisotopic (exact) mass is 247 g/mol. The summed E-state index contributed by atoms with van der Waals surface area (Å²) in [6.07, 6.45) is 0. The number of nitrogens with zero attached hydrogens (tertiary/aromatic N) is 1. The fraction of sp³-hybridized carbons (Fsp3) is 0.308. The van der Waals surface area contributed by atoms with Crippen LogP contribution in [0.3, 0.4) is 0 Å². The van der Waals surface area contributed by atoms with Gasteiger partial charge in [0.2, 0.25) is 0 Å². The number of rotatable bonds is 6. The molecule has 18 heavy (non-hydrogen) atoms. The largest absolute Gasteiger partial charge is 0.490 e. The Kier molecular flexibility index (Phi) is 4.33. The van der Waals surface area contributed by atoms with Crippen molar-refractivity contribution in [1.82, 2.24) is 4.98 Å². The molecular weight excluding hydrogens is 230 g/mol. The van der Waals surface area contributed by atoms with Crippen molar-refractivity contribution in [2.24, 2.45) is 5.73 Å². The molecule has 0 spiro atoms. The predicted molar refractivity (Wildman–Crippen MR) is 71.5 cm³/mol. The van der Waals surface area contributed by atoms with Crippen LogP contribution in [0.15, 0.2) is 30.3 Å². The first kappa shape index (κ1) is 12.6. The summed E-state index contributed by atoms with van der Waals surface area (Å²) in [5.74, 6) is 1.18. The number of nitrogen functional groups attached to an aromatic ring is 1. The molecule has 0 saturated heterocycles. The standard InChI is InChI=1S/C13H17N3O2/c14-5-6-17-7-8-18-12-9-13(15)16-11-4-2-1-3-10(11)12/h1-4,9H,5-8,14H2,(H2,15,16). The minimum Gasteiger partial charge on any atom is -0.490 e. The predicted octanol–water partition coefficient (Wildman–Crippen LogP) is 1.17. The minimum absolute atomic E-state index is 0.451. The summed E-state index contributed by atoms with van der Waals surface area (Å²) >= 11 is 0. The van der Waals surface area contributed by atoms with E-state index in [0.717, 1.165) is 16.7 Å². The summed E-state index contributed by atoms with van der Waals surface area (Å²) < 4.78 is 10.9. The highest BCUT2D eigenvalue weighted by atomic mass is 16.5. The number of pyridine rings is 1. The molecule has 0 radical (unpaired) electrons. The summed E-state index contributed by atoms with van der Waals surface area (Å²) in [6, 6.07) is 9.45. The van der Waals surface area contributed by atoms with Gasteiger partial charge in [0.1, 0.15) is 18.2 Å². The van der Waals surface area contributed by atoms with Crippen molar-refractivity contribution in [3.8, 4) is 5.75 Å². The van der Waals surface area contributed by atoms with Crippen molar-refractivity contribution in [2.75, 3.05) is 32.1 Å². The van der Waals surface area contributed by atoms with Crippen LogP contribution in [-0.2, 0) is 4.74 Å². The zero-order valence-corrected chi connectivity index (χ0v) is 10.1. The quantitative estimate of drug-likeness (QED) is 0.749. The topological polar surface area (TPSA) is 83.4 Å². The van der Waals surface area contributed by atoms with Crippen LogP contribution < -0.4 is 16.2 Å². The molecule has 2 aromatic rings. The Labute approximate surface area is 106 Å². The average Bonchev–Trinajstić information content (AvgIpc) is 2.38. The molecule has 0 aliphatic rings. The maximum Gasteiger partial charge on any atom is 0.132 e. The molecule has 96 valence electrons. The number of hydrogen-bond acceptors (Lipinski definition) is 5. The molecule has 0 fully saturated rings. The molecule has 0 unspecified atom stereocenters. The van der Waals surface area contributed by atoms with Gasteiger partial charge in [0.15, 0.2) is 0 Å². The van der Waals surface area contributed by atoms with E-state index in [9.17, 15) is 0 Å². The first-order chi connectivity index (χ1) is 8.81. The van der Waals surface area contributed by atoms with Crippen LogP contribution in [0, 0.1) is 0 Å². The van der Waals surface area contributed by atoms with E-state index in [1.807, 2.05) is 24.3 Å². The first-order valence-corrected chi connectivity index (χ1v) is 5.87. The van der Waals surface area contributed by atoms with E-state index in [4.69, 9.17) is 20.9 Å². The molecular formula is C13H17N3O2. The van der Waals surface area contributed by atoms with Gasteiger partial charge in [0.05, 0.1) is 18.7 Å². The maximum absolute atomic E-state index is 5.74. The lowest BCUT2D eigenvalue weighted by Gasteiger charge is -2.10. The van der Waals surface area contributed by atoms with Crippen LogP contribution >= 0.6 is 0 Å². The number of para-hydroxylation sites is 1. The Balaban J connectivity index is 2.07. The lowest BCUT2D eigenvalue weighted by Crippen LogP contribution is -2.13. The van der Waals surface area contributed by atoms with Gasteiger partial charge in [-0.25, -0.2) is 4.98 Å². The molecule has 5 nitrogen and oxygen atoms in total. The molecule has 1 aromatic carbocycles. The van der Waals surface area contributed by atoms with Crippen LogP contribution in [0.25, 0.3) is 10.9 Å². The molecule has 1 heterocycles. The fourth-order valence-electron chi connectivity index (χ4n) is 1.68. The van der Waals surface area contributed by atoms with Gasteiger partial charge in [-0.2, -0.15) is 0 Å². The maximum atomic E-state index is 5.74. The van der Waals surface area contributed by atoms with Crippen LogP contribution in [-0.4, -0.2) is 31.3 Å². The van der Waals surface area contributed by atoms with Gasteiger partial charge < -0.3 is 20.9 Å². The van der Waals surface area contributed by atoms with Gasteiger partial charge in [-0.15, -0.1) is 0 Å². The Bertz CT molecular complexity index is 517. The van der Waals surface area contributed by atoms with Crippen molar-refractivity contribution in [3.05, 3.63) is 30.3 Å². The highest BCUT2D eigenvalue weighted by molar-refractivity contribution is 5.86. The Morgan fingerprint density at radius 1 is 1.11 bits per heavy atom. The third-order valence-corrected chi connectivity index (χ3v) is 2.45.